The minimum absolute atomic E-state index is 0.676. The van der Waals surface area contributed by atoms with Crippen LogP contribution in [0.5, 0.6) is 0 Å². The summed E-state index contributed by atoms with van der Waals surface area (Å²) in [5.74, 6) is 0. The van der Waals surface area contributed by atoms with Gasteiger partial charge in [0.1, 0.15) is 0 Å². The molecule has 3 aliphatic heterocycles. The number of piperidine rings is 1. The van der Waals surface area contributed by atoms with E-state index in [1.54, 1.807) is 0 Å². The second-order valence-electron chi connectivity index (χ2n) is 7.75. The zero-order valence-corrected chi connectivity index (χ0v) is 13.7. The molecule has 0 aromatic carbocycles. The van der Waals surface area contributed by atoms with E-state index in [4.69, 9.17) is 0 Å². The Kier molecular flexibility index (Phi) is 4.10. The average molecular weight is 280 g/mol. The fourth-order valence-corrected chi connectivity index (χ4v) is 4.42. The van der Waals surface area contributed by atoms with E-state index in [-0.39, 0.29) is 0 Å². The van der Waals surface area contributed by atoms with Gasteiger partial charge in [0.05, 0.1) is 0 Å². The predicted molar refractivity (Wildman–Crippen MR) is 83.8 cm³/mol. The summed E-state index contributed by atoms with van der Waals surface area (Å²) in [6.07, 6.45) is 2.71. The molecule has 0 aromatic heterocycles. The van der Waals surface area contributed by atoms with Crippen LogP contribution in [-0.4, -0.2) is 79.3 Å². The lowest BCUT2D eigenvalue weighted by molar-refractivity contribution is -0.147. The first-order chi connectivity index (χ1) is 9.53. The Morgan fingerprint density at radius 3 is 2.45 bits per heavy atom. The standard InChI is InChI=1S/C16H32N4/c1-13(2)19-8-16(9-19)10-20(11-16)15-5-6-18(12-17-4)14(3)7-15/h13-15,17H,5-12H2,1-4H3/t14-,15?/m0/s1. The van der Waals surface area contributed by atoms with Crippen molar-refractivity contribution in [3.05, 3.63) is 0 Å². The highest BCUT2D eigenvalue weighted by Gasteiger charge is 2.53. The molecule has 4 heteroatoms. The van der Waals surface area contributed by atoms with Crippen LogP contribution in [-0.2, 0) is 0 Å². The molecule has 0 aromatic rings. The molecule has 1 unspecified atom stereocenters. The third-order valence-electron chi connectivity index (χ3n) is 5.75. The summed E-state index contributed by atoms with van der Waals surface area (Å²) in [6.45, 7) is 14.7. The van der Waals surface area contributed by atoms with Crippen LogP contribution >= 0.6 is 0 Å². The Bertz CT molecular complexity index is 329. The Morgan fingerprint density at radius 1 is 1.20 bits per heavy atom. The number of hydrogen-bond donors (Lipinski definition) is 1. The minimum Gasteiger partial charge on any atom is -0.307 e. The van der Waals surface area contributed by atoms with E-state index in [1.807, 2.05) is 0 Å². The van der Waals surface area contributed by atoms with Gasteiger partial charge in [-0.3, -0.25) is 14.7 Å². The Labute approximate surface area is 124 Å². The third kappa shape index (κ3) is 2.63. The Balaban J connectivity index is 1.43. The van der Waals surface area contributed by atoms with Crippen molar-refractivity contribution >= 4 is 0 Å². The van der Waals surface area contributed by atoms with E-state index < -0.39 is 0 Å². The molecular formula is C16H32N4. The number of hydrogen-bond acceptors (Lipinski definition) is 4. The van der Waals surface area contributed by atoms with Crippen LogP contribution in [0.15, 0.2) is 0 Å². The SMILES string of the molecule is CNCN1CCC(N2CC3(CN(C(C)C)C3)C2)C[C@@H]1C. The molecule has 4 nitrogen and oxygen atoms in total. The fourth-order valence-electron chi connectivity index (χ4n) is 4.42. The molecule has 2 atom stereocenters. The zero-order chi connectivity index (χ0) is 14.3. The van der Waals surface area contributed by atoms with Crippen LogP contribution in [0.4, 0.5) is 0 Å². The predicted octanol–water partition coefficient (Wildman–Crippen LogP) is 1.04. The summed E-state index contributed by atoms with van der Waals surface area (Å²) < 4.78 is 0. The molecule has 3 fully saturated rings. The molecule has 20 heavy (non-hydrogen) atoms. The summed E-state index contributed by atoms with van der Waals surface area (Å²) >= 11 is 0. The third-order valence-corrected chi connectivity index (χ3v) is 5.75. The van der Waals surface area contributed by atoms with Gasteiger partial charge in [-0.2, -0.15) is 0 Å². The number of rotatable bonds is 4. The zero-order valence-electron chi connectivity index (χ0n) is 13.7. The quantitative estimate of drug-likeness (QED) is 0.831. The molecule has 3 aliphatic rings. The largest absolute Gasteiger partial charge is 0.307 e. The molecule has 1 spiro atoms. The summed E-state index contributed by atoms with van der Waals surface area (Å²) in [6, 6.07) is 2.31. The summed E-state index contributed by atoms with van der Waals surface area (Å²) in [4.78, 5) is 7.97. The molecule has 0 saturated carbocycles. The van der Waals surface area contributed by atoms with Gasteiger partial charge in [-0.25, -0.2) is 0 Å². The molecule has 0 bridgehead atoms. The highest BCUT2D eigenvalue weighted by molar-refractivity contribution is 5.08. The van der Waals surface area contributed by atoms with Crippen molar-refractivity contribution in [1.29, 1.82) is 0 Å². The van der Waals surface area contributed by atoms with Gasteiger partial charge < -0.3 is 5.32 Å². The van der Waals surface area contributed by atoms with Crippen molar-refractivity contribution in [1.82, 2.24) is 20.0 Å². The van der Waals surface area contributed by atoms with Crippen LogP contribution in [0.1, 0.15) is 33.6 Å². The first-order valence-electron chi connectivity index (χ1n) is 8.40. The van der Waals surface area contributed by atoms with Gasteiger partial charge in [-0.15, -0.1) is 0 Å². The maximum Gasteiger partial charge on any atom is 0.0480 e. The van der Waals surface area contributed by atoms with Crippen molar-refractivity contribution < 1.29 is 0 Å². The number of nitrogens with one attached hydrogen (secondary N) is 1. The van der Waals surface area contributed by atoms with Gasteiger partial charge in [-0.1, -0.05) is 0 Å². The van der Waals surface area contributed by atoms with Gasteiger partial charge in [0.2, 0.25) is 0 Å². The Morgan fingerprint density at radius 2 is 1.90 bits per heavy atom. The lowest BCUT2D eigenvalue weighted by atomic mass is 9.71. The maximum atomic E-state index is 3.29. The summed E-state index contributed by atoms with van der Waals surface area (Å²) in [5.41, 5.74) is 0.676. The van der Waals surface area contributed by atoms with Crippen LogP contribution < -0.4 is 5.32 Å². The lowest BCUT2D eigenvalue weighted by Gasteiger charge is -2.64. The van der Waals surface area contributed by atoms with Gasteiger partial charge in [0.25, 0.3) is 0 Å². The maximum absolute atomic E-state index is 3.29. The molecule has 3 heterocycles. The minimum atomic E-state index is 0.676. The van der Waals surface area contributed by atoms with Crippen molar-refractivity contribution in [2.75, 3.05) is 46.4 Å². The number of likely N-dealkylation sites (tertiary alicyclic amines) is 3. The molecule has 0 aliphatic carbocycles. The van der Waals surface area contributed by atoms with Crippen molar-refractivity contribution in [2.45, 2.75) is 51.7 Å². The molecule has 0 amide bonds. The van der Waals surface area contributed by atoms with Crippen molar-refractivity contribution in [2.24, 2.45) is 5.41 Å². The fraction of sp³-hybridized carbons (Fsp3) is 1.00. The van der Waals surface area contributed by atoms with Crippen molar-refractivity contribution in [3.63, 3.8) is 0 Å². The smallest absolute Gasteiger partial charge is 0.0480 e. The van der Waals surface area contributed by atoms with Crippen LogP contribution in [0.3, 0.4) is 0 Å². The molecule has 1 N–H and O–H groups in total. The van der Waals surface area contributed by atoms with Crippen LogP contribution in [0.25, 0.3) is 0 Å². The second kappa shape index (κ2) is 5.56. The van der Waals surface area contributed by atoms with E-state index in [1.165, 1.54) is 45.6 Å². The lowest BCUT2D eigenvalue weighted by Crippen LogP contribution is -2.74. The highest BCUT2D eigenvalue weighted by Crippen LogP contribution is 2.42. The van der Waals surface area contributed by atoms with Gasteiger partial charge >= 0.3 is 0 Å². The van der Waals surface area contributed by atoms with Crippen molar-refractivity contribution in [3.8, 4) is 0 Å². The van der Waals surface area contributed by atoms with E-state index in [0.29, 0.717) is 5.41 Å². The summed E-state index contributed by atoms with van der Waals surface area (Å²) in [5, 5.41) is 3.29. The number of nitrogens with zero attached hydrogens (tertiary/aromatic N) is 3. The molecule has 3 saturated heterocycles. The van der Waals surface area contributed by atoms with E-state index in [0.717, 1.165) is 24.8 Å². The topological polar surface area (TPSA) is 21.8 Å². The normalized spacial score (nSPS) is 35.2. The molecule has 116 valence electrons. The van der Waals surface area contributed by atoms with Gasteiger partial charge in [0.15, 0.2) is 0 Å². The van der Waals surface area contributed by atoms with E-state index in [9.17, 15) is 0 Å². The van der Waals surface area contributed by atoms with Gasteiger partial charge in [-0.05, 0) is 40.7 Å². The highest BCUT2D eigenvalue weighted by atomic mass is 15.3. The van der Waals surface area contributed by atoms with Crippen LogP contribution in [0, 0.1) is 5.41 Å². The second-order valence-corrected chi connectivity index (χ2v) is 7.75. The van der Waals surface area contributed by atoms with Gasteiger partial charge in [0, 0.05) is 62.9 Å². The summed E-state index contributed by atoms with van der Waals surface area (Å²) in [7, 11) is 2.05. The van der Waals surface area contributed by atoms with Crippen LogP contribution in [0.2, 0.25) is 0 Å². The van der Waals surface area contributed by atoms with E-state index in [2.05, 4.69) is 47.8 Å². The first-order valence-corrected chi connectivity index (χ1v) is 8.40. The molecule has 0 radical (unpaired) electrons. The average Bonchev–Trinajstić information content (AvgIpc) is 2.28. The first kappa shape index (κ1) is 14.8. The van der Waals surface area contributed by atoms with E-state index >= 15 is 0 Å². The molecular weight excluding hydrogens is 248 g/mol. The Hall–Kier alpha value is -0.160. The monoisotopic (exact) mass is 280 g/mol. The molecule has 3 rings (SSSR count).